The minimum atomic E-state index is -0.897. The summed E-state index contributed by atoms with van der Waals surface area (Å²) in [5, 5.41) is 9.34. The van der Waals surface area contributed by atoms with Crippen molar-refractivity contribution >= 4 is 36.3 Å². The molecule has 18 heavy (non-hydrogen) atoms. The zero-order valence-corrected chi connectivity index (χ0v) is 12.3. The summed E-state index contributed by atoms with van der Waals surface area (Å²) in [7, 11) is 0. The molecule has 1 N–H and O–H groups in total. The fourth-order valence-electron chi connectivity index (χ4n) is 2.67. The predicted octanol–water partition coefficient (Wildman–Crippen LogP) is 1.83. The number of carboxylic acid groups (broad SMARTS) is 1. The minimum Gasteiger partial charge on any atom is -0.481 e. The maximum absolute atomic E-state index is 12.2. The van der Waals surface area contributed by atoms with Crippen molar-refractivity contribution in [1.82, 2.24) is 0 Å². The van der Waals surface area contributed by atoms with Gasteiger partial charge in [0.25, 0.3) is 0 Å². The van der Waals surface area contributed by atoms with Gasteiger partial charge in [-0.25, -0.2) is 0 Å². The van der Waals surface area contributed by atoms with Gasteiger partial charge in [-0.15, -0.1) is 0 Å². The van der Waals surface area contributed by atoms with Crippen LogP contribution >= 0.6 is 24.4 Å². The van der Waals surface area contributed by atoms with E-state index in [1.807, 2.05) is 0 Å². The lowest BCUT2D eigenvalue weighted by molar-refractivity contribution is -0.166. The van der Waals surface area contributed by atoms with Crippen LogP contribution in [-0.4, -0.2) is 38.4 Å². The molecule has 4 nitrogen and oxygen atoms in total. The summed E-state index contributed by atoms with van der Waals surface area (Å²) in [5.74, 6) is -2.48. The Bertz CT molecular complexity index is 377. The third-order valence-corrected chi connectivity index (χ3v) is 5.80. The molecule has 0 saturated carbocycles. The molecule has 6 heteroatoms. The monoisotopic (exact) mass is 290 g/mol. The number of esters is 1. The van der Waals surface area contributed by atoms with Gasteiger partial charge in [-0.05, 0) is 27.2 Å². The Hall–Kier alpha value is -0.360. The Labute approximate surface area is 116 Å². The van der Waals surface area contributed by atoms with E-state index in [1.54, 1.807) is 32.5 Å². The third-order valence-electron chi connectivity index (χ3n) is 3.29. The van der Waals surface area contributed by atoms with Gasteiger partial charge < -0.3 is 9.84 Å². The third kappa shape index (κ3) is 2.50. The maximum atomic E-state index is 12.2. The summed E-state index contributed by atoms with van der Waals surface area (Å²) in [5.41, 5.74) is -0.585. The number of carbonyl (C=O) groups is 2. The first kappa shape index (κ1) is 14.1. The van der Waals surface area contributed by atoms with Gasteiger partial charge in [-0.1, -0.05) is 0 Å². The molecule has 0 spiro atoms. The highest BCUT2D eigenvalue weighted by atomic mass is 32.2. The molecule has 2 fully saturated rings. The smallest absolute Gasteiger partial charge is 0.311 e. The number of hydrogen-bond acceptors (Lipinski definition) is 5. The molecule has 0 aromatic heterocycles. The molecular weight excluding hydrogens is 272 g/mol. The molecule has 2 aliphatic heterocycles. The molecule has 0 aromatic rings. The average molecular weight is 290 g/mol. The SMILES string of the molecule is CC(C)(C)OC(=O)C1C2SC(CC2S)C1C(=O)O. The van der Waals surface area contributed by atoms with Crippen LogP contribution in [0.1, 0.15) is 27.2 Å². The van der Waals surface area contributed by atoms with Gasteiger partial charge in [-0.3, -0.25) is 9.59 Å². The first-order chi connectivity index (χ1) is 8.20. The molecule has 2 rings (SSSR count). The summed E-state index contributed by atoms with van der Waals surface area (Å²) < 4.78 is 5.35. The van der Waals surface area contributed by atoms with Crippen LogP contribution in [-0.2, 0) is 14.3 Å². The summed E-state index contributed by atoms with van der Waals surface area (Å²) >= 11 is 6.03. The zero-order valence-electron chi connectivity index (χ0n) is 10.6. The van der Waals surface area contributed by atoms with Crippen LogP contribution in [0, 0.1) is 11.8 Å². The fraction of sp³-hybridized carbons (Fsp3) is 0.833. The number of fused-ring (bicyclic) bond motifs is 2. The summed E-state index contributed by atoms with van der Waals surface area (Å²) in [6, 6.07) is 0. The first-order valence-electron chi connectivity index (χ1n) is 6.00. The second kappa shape index (κ2) is 4.63. The number of carboxylic acids is 1. The molecule has 102 valence electrons. The number of aliphatic carboxylic acids is 1. The lowest BCUT2D eigenvalue weighted by Crippen LogP contribution is -2.44. The van der Waals surface area contributed by atoms with Gasteiger partial charge in [-0.2, -0.15) is 24.4 Å². The van der Waals surface area contributed by atoms with Crippen LogP contribution < -0.4 is 0 Å². The van der Waals surface area contributed by atoms with Gasteiger partial charge in [0, 0.05) is 15.7 Å². The van der Waals surface area contributed by atoms with Crippen LogP contribution in [0.2, 0.25) is 0 Å². The van der Waals surface area contributed by atoms with E-state index in [0.29, 0.717) is 0 Å². The number of ether oxygens (including phenoxy) is 1. The number of rotatable bonds is 2. The second-order valence-electron chi connectivity index (χ2n) is 5.87. The molecule has 0 radical (unpaired) electrons. The molecule has 5 atom stereocenters. The van der Waals surface area contributed by atoms with E-state index in [9.17, 15) is 14.7 Å². The van der Waals surface area contributed by atoms with Crippen molar-refractivity contribution in [1.29, 1.82) is 0 Å². The van der Waals surface area contributed by atoms with E-state index >= 15 is 0 Å². The molecule has 2 heterocycles. The maximum Gasteiger partial charge on any atom is 0.311 e. The van der Waals surface area contributed by atoms with Crippen LogP contribution in [0.15, 0.2) is 0 Å². The van der Waals surface area contributed by atoms with E-state index in [1.165, 1.54) is 0 Å². The molecule has 0 aliphatic carbocycles. The molecule has 2 aliphatic rings. The van der Waals surface area contributed by atoms with Crippen LogP contribution in [0.25, 0.3) is 0 Å². The Morgan fingerprint density at radius 2 is 1.94 bits per heavy atom. The highest BCUT2D eigenvalue weighted by Gasteiger charge is 2.59. The van der Waals surface area contributed by atoms with Crippen LogP contribution in [0.5, 0.6) is 0 Å². The first-order valence-corrected chi connectivity index (χ1v) is 7.46. The Kier molecular flexibility index (Phi) is 3.62. The second-order valence-corrected chi connectivity index (χ2v) is 7.95. The summed E-state index contributed by atoms with van der Waals surface area (Å²) in [6.45, 7) is 5.37. The van der Waals surface area contributed by atoms with E-state index in [0.717, 1.165) is 6.42 Å². The Balaban J connectivity index is 2.19. The van der Waals surface area contributed by atoms with E-state index in [4.69, 9.17) is 4.74 Å². The number of thiol groups is 1. The Morgan fingerprint density at radius 3 is 2.44 bits per heavy atom. The fourth-order valence-corrected chi connectivity index (χ4v) is 5.36. The molecule has 0 aromatic carbocycles. The lowest BCUT2D eigenvalue weighted by atomic mass is 9.79. The summed E-state index contributed by atoms with van der Waals surface area (Å²) in [6.07, 6.45) is 0.759. The highest BCUT2D eigenvalue weighted by Crippen LogP contribution is 2.55. The number of thioether (sulfide) groups is 1. The van der Waals surface area contributed by atoms with E-state index in [-0.39, 0.29) is 15.7 Å². The van der Waals surface area contributed by atoms with Crippen molar-refractivity contribution in [2.24, 2.45) is 11.8 Å². The zero-order chi connectivity index (χ0) is 13.7. The van der Waals surface area contributed by atoms with E-state index < -0.39 is 29.4 Å². The van der Waals surface area contributed by atoms with Crippen molar-refractivity contribution in [2.45, 2.75) is 48.5 Å². The van der Waals surface area contributed by atoms with Gasteiger partial charge in [0.05, 0.1) is 11.8 Å². The largest absolute Gasteiger partial charge is 0.481 e. The standard InChI is InChI=1S/C12H18O4S2/c1-12(2,3)16-11(15)8-7(10(13)14)6-4-5(17)9(8)18-6/h5-9,17H,4H2,1-3H3,(H,13,14). The molecule has 2 bridgehead atoms. The van der Waals surface area contributed by atoms with Gasteiger partial charge >= 0.3 is 11.9 Å². The highest BCUT2D eigenvalue weighted by molar-refractivity contribution is 8.02. The van der Waals surface area contributed by atoms with Crippen LogP contribution in [0.4, 0.5) is 0 Å². The van der Waals surface area contributed by atoms with E-state index in [2.05, 4.69) is 12.6 Å². The van der Waals surface area contributed by atoms with Crippen LogP contribution in [0.3, 0.4) is 0 Å². The number of carbonyl (C=O) groups excluding carboxylic acids is 1. The topological polar surface area (TPSA) is 63.6 Å². The van der Waals surface area contributed by atoms with Crippen molar-refractivity contribution in [3.63, 3.8) is 0 Å². The predicted molar refractivity (Wildman–Crippen MR) is 73.0 cm³/mol. The van der Waals surface area contributed by atoms with Crippen molar-refractivity contribution in [3.8, 4) is 0 Å². The van der Waals surface area contributed by atoms with Gasteiger partial charge in [0.1, 0.15) is 5.60 Å². The Morgan fingerprint density at radius 1 is 1.33 bits per heavy atom. The minimum absolute atomic E-state index is 0.00693. The number of hydrogen-bond donors (Lipinski definition) is 2. The quantitative estimate of drug-likeness (QED) is 0.600. The van der Waals surface area contributed by atoms with Gasteiger partial charge in [0.15, 0.2) is 0 Å². The normalized spacial score (nSPS) is 38.8. The lowest BCUT2D eigenvalue weighted by Gasteiger charge is -2.31. The molecule has 0 amide bonds. The molecule has 5 unspecified atom stereocenters. The van der Waals surface area contributed by atoms with Crippen molar-refractivity contribution in [2.75, 3.05) is 0 Å². The van der Waals surface area contributed by atoms with Crippen molar-refractivity contribution < 1.29 is 19.4 Å². The van der Waals surface area contributed by atoms with Gasteiger partial charge in [0.2, 0.25) is 0 Å². The average Bonchev–Trinajstić information content (AvgIpc) is 2.69. The molecular formula is C12H18O4S2. The van der Waals surface area contributed by atoms with Crippen molar-refractivity contribution in [3.05, 3.63) is 0 Å². The summed E-state index contributed by atoms with van der Waals surface area (Å²) in [4.78, 5) is 23.5. The molecule has 2 saturated heterocycles.